The maximum Gasteiger partial charge on any atom is 0.283 e. The molecule has 5 heteroatoms. The summed E-state index contributed by atoms with van der Waals surface area (Å²) in [6.45, 7) is 7.14. The average Bonchev–Trinajstić information content (AvgIpc) is 2.31. The standard InChI is InChI=1S/C13H19BrN2O2/c1-4-12(9(2)3)15-8-10-5-6-11(14)13(7-10)16(17)18/h5-7,9,12,15H,4,8H2,1-3H3. The van der Waals surface area contributed by atoms with Gasteiger partial charge in [0.25, 0.3) is 5.69 Å². The van der Waals surface area contributed by atoms with Gasteiger partial charge in [-0.3, -0.25) is 10.1 Å². The van der Waals surface area contributed by atoms with Crippen LogP contribution in [0.1, 0.15) is 32.8 Å². The van der Waals surface area contributed by atoms with Crippen LogP contribution < -0.4 is 5.32 Å². The first-order valence-corrected chi connectivity index (χ1v) is 6.91. The van der Waals surface area contributed by atoms with Crippen molar-refractivity contribution in [1.29, 1.82) is 0 Å². The second kappa shape index (κ2) is 6.85. The van der Waals surface area contributed by atoms with Crippen LogP contribution in [0, 0.1) is 16.0 Å². The zero-order valence-corrected chi connectivity index (χ0v) is 12.5. The van der Waals surface area contributed by atoms with E-state index in [0.29, 0.717) is 23.0 Å². The highest BCUT2D eigenvalue weighted by Crippen LogP contribution is 2.25. The molecule has 0 fully saturated rings. The number of rotatable bonds is 6. The fraction of sp³-hybridized carbons (Fsp3) is 0.538. The van der Waals surface area contributed by atoms with E-state index in [1.54, 1.807) is 12.1 Å². The second-order valence-electron chi connectivity index (χ2n) is 4.68. The molecule has 18 heavy (non-hydrogen) atoms. The lowest BCUT2D eigenvalue weighted by atomic mass is 10.0. The number of hydrogen-bond acceptors (Lipinski definition) is 3. The maximum absolute atomic E-state index is 10.8. The van der Waals surface area contributed by atoms with Crippen molar-refractivity contribution >= 4 is 21.6 Å². The van der Waals surface area contributed by atoms with Crippen LogP contribution in [0.25, 0.3) is 0 Å². The lowest BCUT2D eigenvalue weighted by Gasteiger charge is -2.20. The van der Waals surface area contributed by atoms with E-state index in [4.69, 9.17) is 0 Å². The molecule has 1 rings (SSSR count). The summed E-state index contributed by atoms with van der Waals surface area (Å²) in [5, 5.41) is 14.3. The van der Waals surface area contributed by atoms with Crippen LogP contribution in [0.2, 0.25) is 0 Å². The van der Waals surface area contributed by atoms with E-state index >= 15 is 0 Å². The molecule has 0 radical (unpaired) electrons. The van der Waals surface area contributed by atoms with Crippen molar-refractivity contribution in [2.45, 2.75) is 39.8 Å². The predicted molar refractivity (Wildman–Crippen MR) is 76.6 cm³/mol. The van der Waals surface area contributed by atoms with Gasteiger partial charge in [-0.1, -0.05) is 26.8 Å². The Balaban J connectivity index is 2.74. The predicted octanol–water partition coefficient (Wildman–Crippen LogP) is 3.88. The lowest BCUT2D eigenvalue weighted by Crippen LogP contribution is -2.32. The minimum absolute atomic E-state index is 0.117. The van der Waals surface area contributed by atoms with E-state index in [1.807, 2.05) is 6.07 Å². The third kappa shape index (κ3) is 4.07. The SMILES string of the molecule is CCC(NCc1ccc(Br)c([N+](=O)[O-])c1)C(C)C. The molecule has 1 aromatic rings. The van der Waals surface area contributed by atoms with E-state index < -0.39 is 0 Å². The molecule has 100 valence electrons. The lowest BCUT2D eigenvalue weighted by molar-refractivity contribution is -0.385. The molecule has 1 aromatic carbocycles. The topological polar surface area (TPSA) is 55.2 Å². The van der Waals surface area contributed by atoms with Gasteiger partial charge in [0, 0.05) is 18.7 Å². The Morgan fingerprint density at radius 3 is 2.61 bits per heavy atom. The molecule has 0 aliphatic carbocycles. The fourth-order valence-corrected chi connectivity index (χ4v) is 2.30. The molecule has 0 bridgehead atoms. The third-order valence-corrected chi connectivity index (χ3v) is 3.69. The van der Waals surface area contributed by atoms with Gasteiger partial charge in [-0.2, -0.15) is 0 Å². The van der Waals surface area contributed by atoms with E-state index in [1.165, 1.54) is 0 Å². The quantitative estimate of drug-likeness (QED) is 0.640. The highest BCUT2D eigenvalue weighted by Gasteiger charge is 2.14. The highest BCUT2D eigenvalue weighted by atomic mass is 79.9. The Hall–Kier alpha value is -0.940. The summed E-state index contributed by atoms with van der Waals surface area (Å²) in [7, 11) is 0. The molecule has 1 atom stereocenters. The van der Waals surface area contributed by atoms with Gasteiger partial charge in [0.15, 0.2) is 0 Å². The van der Waals surface area contributed by atoms with Gasteiger partial charge in [0.2, 0.25) is 0 Å². The van der Waals surface area contributed by atoms with Crippen LogP contribution in [-0.4, -0.2) is 11.0 Å². The van der Waals surface area contributed by atoms with Crippen molar-refractivity contribution < 1.29 is 4.92 Å². The van der Waals surface area contributed by atoms with E-state index in [0.717, 1.165) is 12.0 Å². The van der Waals surface area contributed by atoms with Crippen molar-refractivity contribution in [3.05, 3.63) is 38.3 Å². The number of hydrogen-bond donors (Lipinski definition) is 1. The van der Waals surface area contributed by atoms with Gasteiger partial charge in [0.1, 0.15) is 0 Å². The molecule has 1 unspecified atom stereocenters. The number of nitro groups is 1. The van der Waals surface area contributed by atoms with Crippen LogP contribution in [0.4, 0.5) is 5.69 Å². The summed E-state index contributed by atoms with van der Waals surface area (Å²) in [6, 6.07) is 5.68. The van der Waals surface area contributed by atoms with Crippen LogP contribution in [0.3, 0.4) is 0 Å². The first-order chi connectivity index (χ1) is 8.45. The largest absolute Gasteiger partial charge is 0.310 e. The van der Waals surface area contributed by atoms with Gasteiger partial charge in [-0.25, -0.2) is 0 Å². The smallest absolute Gasteiger partial charge is 0.283 e. The molecule has 1 N–H and O–H groups in total. The summed E-state index contributed by atoms with van der Waals surface area (Å²) < 4.78 is 0.521. The van der Waals surface area contributed by atoms with Crippen molar-refractivity contribution in [1.82, 2.24) is 5.32 Å². The maximum atomic E-state index is 10.8. The zero-order chi connectivity index (χ0) is 13.7. The number of nitrogens with one attached hydrogen (secondary N) is 1. The molecular formula is C13H19BrN2O2. The van der Waals surface area contributed by atoms with Crippen LogP contribution in [0.5, 0.6) is 0 Å². The Labute approximate surface area is 116 Å². The summed E-state index contributed by atoms with van der Waals surface area (Å²) >= 11 is 3.19. The van der Waals surface area contributed by atoms with E-state index in [9.17, 15) is 10.1 Å². The average molecular weight is 315 g/mol. The first kappa shape index (κ1) is 15.1. The molecule has 0 spiro atoms. The molecule has 0 heterocycles. The molecule has 0 aromatic heterocycles. The molecule has 0 amide bonds. The second-order valence-corrected chi connectivity index (χ2v) is 5.54. The van der Waals surface area contributed by atoms with Gasteiger partial charge in [-0.05, 0) is 39.9 Å². The van der Waals surface area contributed by atoms with Crippen molar-refractivity contribution in [3.63, 3.8) is 0 Å². The van der Waals surface area contributed by atoms with Crippen molar-refractivity contribution in [2.24, 2.45) is 5.92 Å². The third-order valence-electron chi connectivity index (χ3n) is 3.02. The monoisotopic (exact) mass is 314 g/mol. The van der Waals surface area contributed by atoms with Gasteiger partial charge >= 0.3 is 0 Å². The van der Waals surface area contributed by atoms with Gasteiger partial charge in [-0.15, -0.1) is 0 Å². The highest BCUT2D eigenvalue weighted by molar-refractivity contribution is 9.10. The summed E-state index contributed by atoms with van der Waals surface area (Å²) in [6.07, 6.45) is 1.05. The number of nitrogens with zero attached hydrogens (tertiary/aromatic N) is 1. The minimum atomic E-state index is -0.368. The van der Waals surface area contributed by atoms with Gasteiger partial charge in [0.05, 0.1) is 9.40 Å². The zero-order valence-electron chi connectivity index (χ0n) is 10.9. The Bertz CT molecular complexity index is 421. The number of benzene rings is 1. The fourth-order valence-electron chi connectivity index (χ4n) is 1.91. The van der Waals surface area contributed by atoms with E-state index in [2.05, 4.69) is 42.0 Å². The Kier molecular flexibility index (Phi) is 5.75. The van der Waals surface area contributed by atoms with Crippen LogP contribution in [0.15, 0.2) is 22.7 Å². The summed E-state index contributed by atoms with van der Waals surface area (Å²) in [4.78, 5) is 10.5. The normalized spacial score (nSPS) is 12.7. The summed E-state index contributed by atoms with van der Waals surface area (Å²) in [5.41, 5.74) is 1.05. The Morgan fingerprint density at radius 1 is 1.44 bits per heavy atom. The number of halogens is 1. The van der Waals surface area contributed by atoms with E-state index in [-0.39, 0.29) is 10.6 Å². The molecule has 0 aliphatic rings. The van der Waals surface area contributed by atoms with Crippen LogP contribution >= 0.6 is 15.9 Å². The minimum Gasteiger partial charge on any atom is -0.310 e. The summed E-state index contributed by atoms with van der Waals surface area (Å²) in [5.74, 6) is 0.556. The number of nitro benzene ring substituents is 1. The van der Waals surface area contributed by atoms with Crippen molar-refractivity contribution in [3.8, 4) is 0 Å². The van der Waals surface area contributed by atoms with Crippen LogP contribution in [-0.2, 0) is 6.54 Å². The Morgan fingerprint density at radius 2 is 2.11 bits per heavy atom. The molecular weight excluding hydrogens is 296 g/mol. The molecule has 0 saturated heterocycles. The van der Waals surface area contributed by atoms with Gasteiger partial charge < -0.3 is 5.32 Å². The first-order valence-electron chi connectivity index (χ1n) is 6.11. The van der Waals surface area contributed by atoms with Crippen molar-refractivity contribution in [2.75, 3.05) is 0 Å². The molecule has 0 saturated carbocycles. The molecule has 4 nitrogen and oxygen atoms in total. The molecule has 0 aliphatic heterocycles.